The molecule has 0 radical (unpaired) electrons. The highest BCUT2D eigenvalue weighted by molar-refractivity contribution is 9.10. The van der Waals surface area contributed by atoms with Gasteiger partial charge in [0, 0.05) is 15.2 Å². The summed E-state index contributed by atoms with van der Waals surface area (Å²) >= 11 is 9.21. The fourth-order valence-electron chi connectivity index (χ4n) is 2.73. The van der Waals surface area contributed by atoms with Crippen molar-refractivity contribution in [2.45, 2.75) is 13.0 Å². The summed E-state index contributed by atoms with van der Waals surface area (Å²) in [4.78, 5) is 23.9. The SMILES string of the molecule is COc1cc(C=NNC(=O)CC(=O)Nc2ccc(Cl)cc2)ccc1OCc1ccc(Br)cc1. The Bertz CT molecular complexity index is 1140. The van der Waals surface area contributed by atoms with Crippen molar-refractivity contribution in [2.75, 3.05) is 12.4 Å². The van der Waals surface area contributed by atoms with Gasteiger partial charge in [-0.1, -0.05) is 39.7 Å². The summed E-state index contributed by atoms with van der Waals surface area (Å²) in [5.41, 5.74) is 4.59. The zero-order valence-corrected chi connectivity index (χ0v) is 20.0. The Kier molecular flexibility index (Phi) is 8.86. The minimum absolute atomic E-state index is 0.369. The summed E-state index contributed by atoms with van der Waals surface area (Å²) in [5, 5.41) is 7.07. The van der Waals surface area contributed by atoms with E-state index < -0.39 is 11.8 Å². The minimum atomic E-state index is -0.542. The molecule has 170 valence electrons. The summed E-state index contributed by atoms with van der Waals surface area (Å²) < 4.78 is 12.2. The number of carbonyl (C=O) groups excluding carboxylic acids is 2. The third kappa shape index (κ3) is 7.93. The molecule has 0 fully saturated rings. The molecule has 0 aromatic heterocycles. The van der Waals surface area contributed by atoms with Crippen molar-refractivity contribution < 1.29 is 19.1 Å². The predicted octanol–water partition coefficient (Wildman–Crippen LogP) is 5.17. The molecule has 3 aromatic carbocycles. The van der Waals surface area contributed by atoms with Crippen LogP contribution in [0.2, 0.25) is 5.02 Å². The highest BCUT2D eigenvalue weighted by Crippen LogP contribution is 2.28. The quantitative estimate of drug-likeness (QED) is 0.227. The monoisotopic (exact) mass is 529 g/mol. The van der Waals surface area contributed by atoms with Gasteiger partial charge in [-0.15, -0.1) is 0 Å². The first-order valence-electron chi connectivity index (χ1n) is 9.85. The van der Waals surface area contributed by atoms with Gasteiger partial charge in [0.25, 0.3) is 0 Å². The topological polar surface area (TPSA) is 89.0 Å². The van der Waals surface area contributed by atoms with E-state index >= 15 is 0 Å². The average molecular weight is 531 g/mol. The van der Waals surface area contributed by atoms with Crippen LogP contribution >= 0.6 is 27.5 Å². The van der Waals surface area contributed by atoms with E-state index in [1.165, 1.54) is 6.21 Å². The number of methoxy groups -OCH3 is 1. The van der Waals surface area contributed by atoms with Crippen LogP contribution in [0.5, 0.6) is 11.5 Å². The van der Waals surface area contributed by atoms with Crippen LogP contribution in [-0.2, 0) is 16.2 Å². The van der Waals surface area contributed by atoms with E-state index in [9.17, 15) is 9.59 Å². The zero-order valence-electron chi connectivity index (χ0n) is 17.7. The number of rotatable bonds is 9. The molecule has 33 heavy (non-hydrogen) atoms. The number of nitrogens with zero attached hydrogens (tertiary/aromatic N) is 1. The molecule has 0 saturated carbocycles. The third-order valence-corrected chi connectivity index (χ3v) is 5.13. The van der Waals surface area contributed by atoms with Gasteiger partial charge in [0.1, 0.15) is 13.0 Å². The molecule has 0 heterocycles. The lowest BCUT2D eigenvalue weighted by atomic mass is 10.2. The lowest BCUT2D eigenvalue weighted by Crippen LogP contribution is -2.24. The predicted molar refractivity (Wildman–Crippen MR) is 132 cm³/mol. The van der Waals surface area contributed by atoms with Gasteiger partial charge < -0.3 is 14.8 Å². The van der Waals surface area contributed by atoms with Gasteiger partial charge in [0.15, 0.2) is 11.5 Å². The van der Waals surface area contributed by atoms with Gasteiger partial charge in [0.2, 0.25) is 11.8 Å². The van der Waals surface area contributed by atoms with E-state index in [1.54, 1.807) is 49.6 Å². The first kappa shape index (κ1) is 24.3. The molecule has 0 aliphatic rings. The number of benzene rings is 3. The van der Waals surface area contributed by atoms with Crippen molar-refractivity contribution in [1.82, 2.24) is 5.43 Å². The molecular formula is C24H21BrClN3O4. The molecule has 2 amide bonds. The summed E-state index contributed by atoms with van der Waals surface area (Å²) in [6.07, 6.45) is 1.09. The molecule has 0 atom stereocenters. The van der Waals surface area contributed by atoms with E-state index in [0.29, 0.717) is 34.4 Å². The molecule has 0 unspecified atom stereocenters. The molecule has 9 heteroatoms. The van der Waals surface area contributed by atoms with Gasteiger partial charge in [-0.25, -0.2) is 5.43 Å². The standard InChI is InChI=1S/C24H21BrClN3O4/c1-32-22-12-17(4-11-21(22)33-15-16-2-5-18(25)6-3-16)14-27-29-24(31)13-23(30)28-20-9-7-19(26)8-10-20/h2-12,14H,13,15H2,1H3,(H,28,30)(H,29,31). The molecule has 0 aliphatic heterocycles. The molecule has 3 aromatic rings. The first-order valence-corrected chi connectivity index (χ1v) is 11.0. The van der Waals surface area contributed by atoms with E-state index in [2.05, 4.69) is 31.8 Å². The Morgan fingerprint density at radius 3 is 2.42 bits per heavy atom. The number of hydrazone groups is 1. The van der Waals surface area contributed by atoms with E-state index in [4.69, 9.17) is 21.1 Å². The average Bonchev–Trinajstić information content (AvgIpc) is 2.80. The third-order valence-electron chi connectivity index (χ3n) is 4.35. The van der Waals surface area contributed by atoms with Gasteiger partial charge in [0.05, 0.1) is 13.3 Å². The number of anilines is 1. The second-order valence-corrected chi connectivity index (χ2v) is 8.20. The molecule has 0 aliphatic carbocycles. The number of amides is 2. The number of halogens is 2. The fraction of sp³-hybridized carbons (Fsp3) is 0.125. The Balaban J connectivity index is 1.50. The molecule has 3 rings (SSSR count). The van der Waals surface area contributed by atoms with Crippen LogP contribution in [0.3, 0.4) is 0 Å². The van der Waals surface area contributed by atoms with E-state index in [-0.39, 0.29) is 6.42 Å². The van der Waals surface area contributed by atoms with Gasteiger partial charge in [-0.2, -0.15) is 5.10 Å². The van der Waals surface area contributed by atoms with Crippen LogP contribution < -0.4 is 20.2 Å². The first-order chi connectivity index (χ1) is 15.9. The van der Waals surface area contributed by atoms with Crippen molar-refractivity contribution in [1.29, 1.82) is 0 Å². The van der Waals surface area contributed by atoms with Crippen LogP contribution in [0.1, 0.15) is 17.5 Å². The zero-order chi connectivity index (χ0) is 23.6. The molecule has 0 saturated heterocycles. The highest BCUT2D eigenvalue weighted by Gasteiger charge is 2.09. The maximum atomic E-state index is 12.0. The van der Waals surface area contributed by atoms with Crippen LogP contribution in [-0.4, -0.2) is 25.1 Å². The number of carbonyl (C=O) groups is 2. The Morgan fingerprint density at radius 1 is 1.00 bits per heavy atom. The normalized spacial score (nSPS) is 10.6. The number of ether oxygens (including phenoxy) is 2. The Morgan fingerprint density at radius 2 is 1.73 bits per heavy atom. The van der Waals surface area contributed by atoms with Gasteiger partial charge >= 0.3 is 0 Å². The Labute approximate surface area is 204 Å². The van der Waals surface area contributed by atoms with Crippen molar-refractivity contribution in [3.63, 3.8) is 0 Å². The van der Waals surface area contributed by atoms with E-state index in [0.717, 1.165) is 10.0 Å². The van der Waals surface area contributed by atoms with Crippen molar-refractivity contribution >= 4 is 51.2 Å². The van der Waals surface area contributed by atoms with Crippen LogP contribution in [0.15, 0.2) is 76.3 Å². The number of hydrogen-bond acceptors (Lipinski definition) is 5. The highest BCUT2D eigenvalue weighted by atomic mass is 79.9. The van der Waals surface area contributed by atoms with Crippen LogP contribution in [0.25, 0.3) is 0 Å². The molecular weight excluding hydrogens is 510 g/mol. The van der Waals surface area contributed by atoms with Crippen molar-refractivity contribution in [3.8, 4) is 11.5 Å². The maximum Gasteiger partial charge on any atom is 0.249 e. The lowest BCUT2D eigenvalue weighted by molar-refractivity contribution is -0.126. The van der Waals surface area contributed by atoms with Crippen molar-refractivity contribution in [2.24, 2.45) is 5.10 Å². The molecule has 0 spiro atoms. The minimum Gasteiger partial charge on any atom is -0.493 e. The summed E-state index contributed by atoms with van der Waals surface area (Å²) in [5.74, 6) is 0.114. The fourth-order valence-corrected chi connectivity index (χ4v) is 3.12. The maximum absolute atomic E-state index is 12.0. The largest absolute Gasteiger partial charge is 0.493 e. The number of nitrogens with one attached hydrogen (secondary N) is 2. The summed E-state index contributed by atoms with van der Waals surface area (Å²) in [6.45, 7) is 0.394. The van der Waals surface area contributed by atoms with Gasteiger partial charge in [-0.3, -0.25) is 9.59 Å². The van der Waals surface area contributed by atoms with Crippen LogP contribution in [0.4, 0.5) is 5.69 Å². The second-order valence-electron chi connectivity index (χ2n) is 6.85. The molecule has 2 N–H and O–H groups in total. The summed E-state index contributed by atoms with van der Waals surface area (Å²) in [7, 11) is 1.55. The second kappa shape index (κ2) is 12.0. The smallest absolute Gasteiger partial charge is 0.249 e. The lowest BCUT2D eigenvalue weighted by Gasteiger charge is -2.11. The van der Waals surface area contributed by atoms with Crippen molar-refractivity contribution in [3.05, 3.63) is 87.4 Å². The van der Waals surface area contributed by atoms with Gasteiger partial charge in [-0.05, 0) is 65.7 Å². The summed E-state index contributed by atoms with van der Waals surface area (Å²) in [6, 6.07) is 19.7. The molecule has 0 bridgehead atoms. The number of hydrogen-bond donors (Lipinski definition) is 2. The van der Waals surface area contributed by atoms with Crippen LogP contribution in [0, 0.1) is 0 Å². The molecule has 7 nitrogen and oxygen atoms in total. The van der Waals surface area contributed by atoms with E-state index in [1.807, 2.05) is 24.3 Å². The Hall–Kier alpha value is -3.36.